The fourth-order valence-corrected chi connectivity index (χ4v) is 1.28. The van der Waals surface area contributed by atoms with Gasteiger partial charge >= 0.3 is 0 Å². The van der Waals surface area contributed by atoms with Gasteiger partial charge in [-0.05, 0) is 29.0 Å². The summed E-state index contributed by atoms with van der Waals surface area (Å²) in [5.74, 6) is 0.683. The minimum atomic E-state index is 0.683. The molecule has 0 aliphatic rings. The third-order valence-electron chi connectivity index (χ3n) is 2.00. The topological polar surface area (TPSA) is 55.6 Å². The van der Waals surface area contributed by atoms with Crippen LogP contribution in [0.15, 0.2) is 30.3 Å². The van der Waals surface area contributed by atoms with E-state index >= 15 is 0 Å². The molecule has 2 aromatic rings. The van der Waals surface area contributed by atoms with Gasteiger partial charge in [0.25, 0.3) is 0 Å². The van der Waals surface area contributed by atoms with E-state index in [0.717, 1.165) is 18.7 Å². The first kappa shape index (κ1) is 9.64. The summed E-state index contributed by atoms with van der Waals surface area (Å²) < 4.78 is 1.69. The van der Waals surface area contributed by atoms with E-state index in [1.165, 1.54) is 0 Å². The molecule has 0 bridgehead atoms. The average molecular weight is 203 g/mol. The Morgan fingerprint density at radius 1 is 1.27 bits per heavy atom. The zero-order valence-corrected chi connectivity index (χ0v) is 8.59. The third kappa shape index (κ3) is 2.12. The molecule has 0 atom stereocenters. The van der Waals surface area contributed by atoms with E-state index in [9.17, 15) is 0 Å². The molecule has 0 saturated heterocycles. The Hall–Kier alpha value is -1.91. The van der Waals surface area contributed by atoms with Crippen molar-refractivity contribution in [2.45, 2.75) is 13.3 Å². The van der Waals surface area contributed by atoms with Gasteiger partial charge in [0.2, 0.25) is 5.95 Å². The van der Waals surface area contributed by atoms with Crippen molar-refractivity contribution in [1.82, 2.24) is 20.2 Å². The molecule has 0 aliphatic carbocycles. The second kappa shape index (κ2) is 4.54. The summed E-state index contributed by atoms with van der Waals surface area (Å²) in [6, 6.07) is 9.81. The highest BCUT2D eigenvalue weighted by Gasteiger charge is 2.05. The lowest BCUT2D eigenvalue weighted by Gasteiger charge is -2.04. The molecule has 0 radical (unpaired) electrons. The molecule has 0 amide bonds. The number of nitrogens with zero attached hydrogens (tertiary/aromatic N) is 4. The number of hydrogen-bond acceptors (Lipinski definition) is 4. The van der Waals surface area contributed by atoms with Crippen molar-refractivity contribution in [3.05, 3.63) is 30.3 Å². The smallest absolute Gasteiger partial charge is 0.247 e. The predicted molar refractivity (Wildman–Crippen MR) is 57.9 cm³/mol. The monoisotopic (exact) mass is 203 g/mol. The fourth-order valence-electron chi connectivity index (χ4n) is 1.28. The van der Waals surface area contributed by atoms with Crippen LogP contribution in [0.4, 0.5) is 5.95 Å². The first-order chi connectivity index (χ1) is 7.42. The molecule has 0 spiro atoms. The Morgan fingerprint density at radius 3 is 2.80 bits per heavy atom. The molecule has 5 nitrogen and oxygen atoms in total. The maximum Gasteiger partial charge on any atom is 0.247 e. The summed E-state index contributed by atoms with van der Waals surface area (Å²) in [5.41, 5.74) is 0.959. The number of anilines is 1. The molecular formula is C10H13N5. The summed E-state index contributed by atoms with van der Waals surface area (Å²) in [5, 5.41) is 14.7. The van der Waals surface area contributed by atoms with E-state index < -0.39 is 0 Å². The normalized spacial score (nSPS) is 10.2. The van der Waals surface area contributed by atoms with Gasteiger partial charge in [-0.1, -0.05) is 30.2 Å². The maximum absolute atomic E-state index is 3.93. The van der Waals surface area contributed by atoms with Crippen LogP contribution >= 0.6 is 0 Å². The minimum absolute atomic E-state index is 0.683. The molecule has 1 aromatic carbocycles. The van der Waals surface area contributed by atoms with Crippen LogP contribution < -0.4 is 5.32 Å². The maximum atomic E-state index is 3.93. The van der Waals surface area contributed by atoms with Crippen molar-refractivity contribution in [3.63, 3.8) is 0 Å². The van der Waals surface area contributed by atoms with Gasteiger partial charge in [0, 0.05) is 6.54 Å². The lowest BCUT2D eigenvalue weighted by molar-refractivity contribution is 0.788. The zero-order chi connectivity index (χ0) is 10.5. The molecule has 2 rings (SSSR count). The molecule has 0 saturated carbocycles. The highest BCUT2D eigenvalue weighted by atomic mass is 15.6. The predicted octanol–water partition coefficient (Wildman–Crippen LogP) is 1.48. The Balaban J connectivity index is 2.25. The van der Waals surface area contributed by atoms with Gasteiger partial charge in [-0.3, -0.25) is 0 Å². The molecule has 1 N–H and O–H groups in total. The molecule has 0 fully saturated rings. The van der Waals surface area contributed by atoms with Crippen molar-refractivity contribution in [2.75, 3.05) is 11.9 Å². The van der Waals surface area contributed by atoms with E-state index in [-0.39, 0.29) is 0 Å². The molecular weight excluding hydrogens is 190 g/mol. The Kier molecular flexibility index (Phi) is 2.92. The molecule has 78 valence electrons. The first-order valence-corrected chi connectivity index (χ1v) is 4.99. The van der Waals surface area contributed by atoms with E-state index in [1.54, 1.807) is 4.68 Å². The van der Waals surface area contributed by atoms with E-state index in [1.807, 2.05) is 30.3 Å². The average Bonchev–Trinajstić information content (AvgIpc) is 2.75. The molecule has 0 aliphatic heterocycles. The van der Waals surface area contributed by atoms with Crippen molar-refractivity contribution < 1.29 is 0 Å². The van der Waals surface area contributed by atoms with Crippen LogP contribution in [-0.4, -0.2) is 26.8 Å². The second-order valence-electron chi connectivity index (χ2n) is 3.18. The summed E-state index contributed by atoms with van der Waals surface area (Å²) >= 11 is 0. The zero-order valence-electron chi connectivity index (χ0n) is 8.59. The minimum Gasteiger partial charge on any atom is -0.353 e. The third-order valence-corrected chi connectivity index (χ3v) is 2.00. The van der Waals surface area contributed by atoms with Crippen LogP contribution in [0.2, 0.25) is 0 Å². The molecule has 0 unspecified atom stereocenters. The lowest BCUT2D eigenvalue weighted by atomic mass is 10.3. The van der Waals surface area contributed by atoms with Crippen molar-refractivity contribution in [1.29, 1.82) is 0 Å². The van der Waals surface area contributed by atoms with Crippen LogP contribution in [0.3, 0.4) is 0 Å². The Morgan fingerprint density at radius 2 is 2.07 bits per heavy atom. The summed E-state index contributed by atoms with van der Waals surface area (Å²) in [6.07, 6.45) is 1.04. The summed E-state index contributed by atoms with van der Waals surface area (Å²) in [4.78, 5) is 0. The number of tetrazole rings is 1. The number of para-hydroxylation sites is 1. The largest absolute Gasteiger partial charge is 0.353 e. The highest BCUT2D eigenvalue weighted by Crippen LogP contribution is 2.09. The SMILES string of the molecule is CCCNc1nnnn1-c1ccccc1. The number of benzene rings is 1. The fraction of sp³-hybridized carbons (Fsp3) is 0.300. The van der Waals surface area contributed by atoms with Crippen LogP contribution in [-0.2, 0) is 0 Å². The second-order valence-corrected chi connectivity index (χ2v) is 3.18. The van der Waals surface area contributed by atoms with E-state index in [0.29, 0.717) is 5.95 Å². The Labute approximate surface area is 88.1 Å². The van der Waals surface area contributed by atoms with Gasteiger partial charge in [0.15, 0.2) is 0 Å². The molecule has 15 heavy (non-hydrogen) atoms. The lowest BCUT2D eigenvalue weighted by Crippen LogP contribution is -2.07. The van der Waals surface area contributed by atoms with Crippen molar-refractivity contribution >= 4 is 5.95 Å². The molecule has 5 heteroatoms. The van der Waals surface area contributed by atoms with Gasteiger partial charge in [-0.15, -0.1) is 0 Å². The van der Waals surface area contributed by atoms with Gasteiger partial charge in [0.05, 0.1) is 5.69 Å². The number of nitrogens with one attached hydrogen (secondary N) is 1. The van der Waals surface area contributed by atoms with Crippen LogP contribution in [0, 0.1) is 0 Å². The summed E-state index contributed by atoms with van der Waals surface area (Å²) in [7, 11) is 0. The van der Waals surface area contributed by atoms with E-state index in [2.05, 4.69) is 27.8 Å². The first-order valence-electron chi connectivity index (χ1n) is 4.99. The highest BCUT2D eigenvalue weighted by molar-refractivity contribution is 5.38. The number of hydrogen-bond donors (Lipinski definition) is 1. The quantitative estimate of drug-likeness (QED) is 0.817. The van der Waals surface area contributed by atoms with Gasteiger partial charge in [-0.2, -0.15) is 4.68 Å². The molecule has 1 aromatic heterocycles. The van der Waals surface area contributed by atoms with Gasteiger partial charge < -0.3 is 5.32 Å². The van der Waals surface area contributed by atoms with Crippen molar-refractivity contribution in [3.8, 4) is 5.69 Å². The number of rotatable bonds is 4. The summed E-state index contributed by atoms with van der Waals surface area (Å²) in [6.45, 7) is 2.97. The van der Waals surface area contributed by atoms with Crippen LogP contribution in [0.25, 0.3) is 5.69 Å². The van der Waals surface area contributed by atoms with Gasteiger partial charge in [0.1, 0.15) is 0 Å². The number of aromatic nitrogens is 4. The van der Waals surface area contributed by atoms with Crippen LogP contribution in [0.5, 0.6) is 0 Å². The van der Waals surface area contributed by atoms with E-state index in [4.69, 9.17) is 0 Å². The Bertz CT molecular complexity index is 409. The standard InChI is InChI=1S/C10H13N5/c1-2-8-11-10-12-13-14-15(10)9-6-4-3-5-7-9/h3-7H,2,8H2,1H3,(H,11,12,14). The van der Waals surface area contributed by atoms with Gasteiger partial charge in [-0.25, -0.2) is 0 Å². The van der Waals surface area contributed by atoms with Crippen molar-refractivity contribution in [2.24, 2.45) is 0 Å². The van der Waals surface area contributed by atoms with Crippen LogP contribution in [0.1, 0.15) is 13.3 Å². The molecule has 1 heterocycles.